The summed E-state index contributed by atoms with van der Waals surface area (Å²) >= 11 is 0. The third kappa shape index (κ3) is 10.7. The molecule has 2 aliphatic rings. The molecule has 4 aromatic heterocycles. The summed E-state index contributed by atoms with van der Waals surface area (Å²) in [5.74, 6) is 0. The van der Waals surface area contributed by atoms with Crippen molar-refractivity contribution in [1.29, 1.82) is 0 Å². The molecule has 4 heteroatoms. The number of benzene rings is 22. The largest absolute Gasteiger partial charge is 0.456 e. The highest BCUT2D eigenvalue weighted by atomic mass is 16.3. The number of fused-ring (bicyclic) bond motifs is 22. The molecule has 22 aromatic carbocycles. The topological polar surface area (TPSA) is 52.6 Å². The van der Waals surface area contributed by atoms with E-state index in [2.05, 4.69) is 437 Å². The molecule has 130 heavy (non-hydrogen) atoms. The Morgan fingerprint density at radius 3 is 0.785 bits per heavy atom. The molecule has 28 rings (SSSR count). The number of furan rings is 4. The average Bonchev–Trinajstić information content (AvgIpc) is 1.50. The van der Waals surface area contributed by atoms with Gasteiger partial charge in [0, 0.05) is 43.1 Å². The average molecular weight is 1650 g/mol. The van der Waals surface area contributed by atoms with E-state index in [0.29, 0.717) is 0 Å². The zero-order valence-corrected chi connectivity index (χ0v) is 70.5. The lowest BCUT2D eigenvalue weighted by Crippen LogP contribution is -2.29. The van der Waals surface area contributed by atoms with Crippen LogP contribution in [0.2, 0.25) is 0 Å². The van der Waals surface area contributed by atoms with Crippen LogP contribution >= 0.6 is 0 Å². The van der Waals surface area contributed by atoms with Gasteiger partial charge in [0.15, 0.2) is 0 Å². The minimum absolute atomic E-state index is 0.588. The monoisotopic (exact) mass is 1650 g/mol. The van der Waals surface area contributed by atoms with Crippen LogP contribution in [-0.4, -0.2) is 0 Å². The third-order valence-corrected chi connectivity index (χ3v) is 28.3. The Kier molecular flexibility index (Phi) is 16.3. The van der Waals surface area contributed by atoms with Crippen molar-refractivity contribution in [2.75, 3.05) is 0 Å². The molecular weight excluding hydrogens is 1580 g/mol. The van der Waals surface area contributed by atoms with E-state index in [-0.39, 0.29) is 0 Å². The highest BCUT2D eigenvalue weighted by molar-refractivity contribution is 6.26. The van der Waals surface area contributed by atoms with Crippen LogP contribution in [0.5, 0.6) is 0 Å². The van der Waals surface area contributed by atoms with E-state index in [0.717, 1.165) is 121 Å². The Morgan fingerprint density at radius 1 is 0.138 bits per heavy atom. The van der Waals surface area contributed by atoms with Crippen LogP contribution in [0.25, 0.3) is 220 Å². The molecule has 0 atom stereocenters. The van der Waals surface area contributed by atoms with Crippen molar-refractivity contribution in [3.63, 3.8) is 0 Å². The zero-order valence-electron chi connectivity index (χ0n) is 70.5. The van der Waals surface area contributed by atoms with Gasteiger partial charge in [0.1, 0.15) is 44.7 Å². The number of rotatable bonds is 10. The summed E-state index contributed by atoms with van der Waals surface area (Å²) in [6.07, 6.45) is 0. The fraction of sp³-hybridized carbons (Fsp3) is 0.0159. The van der Waals surface area contributed by atoms with Gasteiger partial charge in [-0.15, -0.1) is 0 Å². The maximum Gasteiger partial charge on any atom is 0.136 e. The van der Waals surface area contributed by atoms with Crippen molar-refractivity contribution in [2.45, 2.75) is 10.8 Å². The lowest BCUT2D eigenvalue weighted by molar-refractivity contribution is 0.668. The Morgan fingerprint density at radius 2 is 0.392 bits per heavy atom. The van der Waals surface area contributed by atoms with Crippen LogP contribution in [0.4, 0.5) is 0 Å². The van der Waals surface area contributed by atoms with E-state index in [1.165, 1.54) is 143 Å². The van der Waals surface area contributed by atoms with Crippen LogP contribution in [-0.2, 0) is 10.8 Å². The molecule has 604 valence electrons. The van der Waals surface area contributed by atoms with Gasteiger partial charge >= 0.3 is 0 Å². The minimum atomic E-state index is -0.600. The van der Waals surface area contributed by atoms with E-state index >= 15 is 0 Å². The molecule has 4 nitrogen and oxygen atoms in total. The zero-order chi connectivity index (χ0) is 85.3. The first kappa shape index (κ1) is 73.4. The SMILES string of the molecule is c1ccc(C2(c3ccccc3)c3ccccc3-c3cccc(-c4c5cccc(-c6ccc7oc8ccccc8c7c6)c5cc5c(-c6ccc7oc8ccccc8c7c6)cccc45)c32)cc1.c1ccc(C2(c3ccccc3)c3ccccc3-c3cccc(-c4c5cccc(-c6cccc7oc8ccccc8c67)c5cc5c(-c6cccc7oc8ccccc8c67)cccc45)c32)cc1. The molecule has 0 fully saturated rings. The van der Waals surface area contributed by atoms with Crippen LogP contribution in [0.3, 0.4) is 0 Å². The van der Waals surface area contributed by atoms with Gasteiger partial charge in [0.25, 0.3) is 0 Å². The number of hydrogen-bond acceptors (Lipinski definition) is 4. The molecule has 0 bridgehead atoms. The Balaban J connectivity index is 0.000000134. The van der Waals surface area contributed by atoms with Crippen LogP contribution in [0.15, 0.2) is 479 Å². The molecule has 0 N–H and O–H groups in total. The van der Waals surface area contributed by atoms with Gasteiger partial charge in [-0.1, -0.05) is 388 Å². The highest BCUT2D eigenvalue weighted by Crippen LogP contribution is 2.63. The molecule has 2 aliphatic carbocycles. The predicted molar refractivity (Wildman–Crippen MR) is 539 cm³/mol. The van der Waals surface area contributed by atoms with Crippen molar-refractivity contribution in [1.82, 2.24) is 0 Å². The maximum atomic E-state index is 6.51. The van der Waals surface area contributed by atoms with E-state index in [1.807, 2.05) is 24.3 Å². The predicted octanol–water partition coefficient (Wildman–Crippen LogP) is 34.3. The molecule has 4 heterocycles. The van der Waals surface area contributed by atoms with E-state index in [9.17, 15) is 0 Å². The summed E-state index contributed by atoms with van der Waals surface area (Å²) in [6.45, 7) is 0. The molecule has 0 spiro atoms. The summed E-state index contributed by atoms with van der Waals surface area (Å²) in [5.41, 5.74) is 35.4. The second kappa shape index (κ2) is 28.8. The summed E-state index contributed by atoms with van der Waals surface area (Å²) in [6, 6.07) is 169. The molecule has 0 unspecified atom stereocenters. The summed E-state index contributed by atoms with van der Waals surface area (Å²) in [7, 11) is 0. The molecule has 0 amide bonds. The van der Waals surface area contributed by atoms with Crippen LogP contribution < -0.4 is 0 Å². The first-order valence-electron chi connectivity index (χ1n) is 44.8. The molecule has 0 saturated heterocycles. The first-order chi connectivity index (χ1) is 64.5. The van der Waals surface area contributed by atoms with Crippen LogP contribution in [0, 0.1) is 0 Å². The van der Waals surface area contributed by atoms with E-state index in [1.54, 1.807) is 0 Å². The van der Waals surface area contributed by atoms with Crippen molar-refractivity contribution in [3.05, 3.63) is 506 Å². The quantitative estimate of drug-likeness (QED) is 0.128. The molecular formula is C126H76O4. The normalized spacial score (nSPS) is 13.0. The van der Waals surface area contributed by atoms with Crippen molar-refractivity contribution in [2.24, 2.45) is 0 Å². The number of para-hydroxylation sites is 4. The lowest BCUT2D eigenvalue weighted by atomic mass is 9.65. The van der Waals surface area contributed by atoms with Crippen molar-refractivity contribution >= 4 is 131 Å². The van der Waals surface area contributed by atoms with E-state index < -0.39 is 10.8 Å². The number of hydrogen-bond donors (Lipinski definition) is 0. The summed E-state index contributed by atoms with van der Waals surface area (Å²) < 4.78 is 25.7. The lowest BCUT2D eigenvalue weighted by Gasteiger charge is -2.35. The molecule has 0 radical (unpaired) electrons. The Hall–Kier alpha value is -16.9. The second-order valence-corrected chi connectivity index (χ2v) is 34.8. The van der Waals surface area contributed by atoms with Gasteiger partial charge in [-0.25, -0.2) is 0 Å². The van der Waals surface area contributed by atoms with Gasteiger partial charge in [0.2, 0.25) is 0 Å². The maximum absolute atomic E-state index is 6.51. The standard InChI is InChI=1S/2C63H38O2/c1-3-18-39(19-4-1)63(40-20-5-2-6-21-40)54-33-10-7-22-43(54)48-31-15-32-51(62(48)63)59-46-27-13-25-41(44-29-16-36-57-60(44)49-23-8-11-34-55(49)64-57)52(46)38-53-42(26-14-28-47(53)59)45-30-17-37-58-61(45)50-24-9-12-35-56(50)65-58;1-3-16-41(17-4-1)63(42-18-5-2-6-19-42)56-29-10-7-20-45(56)50-27-15-28-51(62(50)63)61-48-25-13-23-43(39-32-34-59-54(36-39)46-21-8-11-30-57(46)64-59)52(48)38-53-44(24-14-26-49(53)61)40-33-35-60-55(37-40)47-22-9-12-31-58(47)65-60/h2*1-38H. The summed E-state index contributed by atoms with van der Waals surface area (Å²) in [4.78, 5) is 0. The Labute approximate surface area is 748 Å². The minimum Gasteiger partial charge on any atom is -0.456 e. The van der Waals surface area contributed by atoms with Gasteiger partial charge in [-0.05, 0) is 249 Å². The van der Waals surface area contributed by atoms with Gasteiger partial charge in [-0.3, -0.25) is 0 Å². The summed E-state index contributed by atoms with van der Waals surface area (Å²) in [5, 5.41) is 18.5. The fourth-order valence-electron chi connectivity index (χ4n) is 23.1. The smallest absolute Gasteiger partial charge is 0.136 e. The molecule has 26 aromatic rings. The molecule has 0 aliphatic heterocycles. The van der Waals surface area contributed by atoms with Gasteiger partial charge < -0.3 is 17.7 Å². The van der Waals surface area contributed by atoms with Crippen LogP contribution in [0.1, 0.15) is 44.5 Å². The van der Waals surface area contributed by atoms with Gasteiger partial charge in [-0.2, -0.15) is 0 Å². The van der Waals surface area contributed by atoms with Crippen molar-refractivity contribution in [3.8, 4) is 89.0 Å². The Bertz CT molecular complexity index is 8760. The highest BCUT2D eigenvalue weighted by Gasteiger charge is 2.50. The second-order valence-electron chi connectivity index (χ2n) is 34.8. The fourth-order valence-corrected chi connectivity index (χ4v) is 23.1. The molecule has 0 saturated carbocycles. The first-order valence-corrected chi connectivity index (χ1v) is 44.8. The van der Waals surface area contributed by atoms with Gasteiger partial charge in [0.05, 0.1) is 10.8 Å². The third-order valence-electron chi connectivity index (χ3n) is 28.3. The van der Waals surface area contributed by atoms with E-state index in [4.69, 9.17) is 17.7 Å². The van der Waals surface area contributed by atoms with Crippen molar-refractivity contribution < 1.29 is 17.7 Å².